The number of hydrogen-bond acceptors (Lipinski definition) is 6. The number of halogens is 1. The number of hydrogen-bond donors (Lipinski definition) is 4. The normalized spacial score (nSPS) is 11.4. The van der Waals surface area contributed by atoms with Gasteiger partial charge in [0.15, 0.2) is 0 Å². The van der Waals surface area contributed by atoms with Gasteiger partial charge in [0.1, 0.15) is 5.82 Å². The fraction of sp³-hybridized carbons (Fsp3) is 0. The minimum atomic E-state index is -4.09. The van der Waals surface area contributed by atoms with Crippen molar-refractivity contribution in [3.05, 3.63) is 114 Å². The van der Waals surface area contributed by atoms with Gasteiger partial charge in [0.2, 0.25) is 10.0 Å². The Labute approximate surface area is 223 Å². The molecule has 0 saturated carbocycles. The Kier molecular flexibility index (Phi) is 7.76. The van der Waals surface area contributed by atoms with Crippen molar-refractivity contribution in [2.75, 3.05) is 15.4 Å². The number of primary sulfonamides is 1. The number of para-hydroxylation sites is 1. The van der Waals surface area contributed by atoms with E-state index < -0.39 is 37.7 Å². The Balaban J connectivity index is 1.46. The lowest BCUT2D eigenvalue weighted by molar-refractivity contribution is 0.102. The van der Waals surface area contributed by atoms with Crippen LogP contribution in [-0.4, -0.2) is 28.6 Å². The second-order valence-electron chi connectivity index (χ2n) is 8.16. The van der Waals surface area contributed by atoms with Crippen LogP contribution < -0.4 is 20.5 Å². The van der Waals surface area contributed by atoms with Crippen molar-refractivity contribution in [2.45, 2.75) is 9.79 Å². The summed E-state index contributed by atoms with van der Waals surface area (Å²) in [6.45, 7) is 0. The Morgan fingerprint density at radius 2 is 1.31 bits per heavy atom. The van der Waals surface area contributed by atoms with Crippen molar-refractivity contribution in [3.8, 4) is 0 Å². The number of sulfonamides is 2. The molecule has 0 unspecified atom stereocenters. The number of anilines is 3. The Morgan fingerprint density at radius 1 is 0.667 bits per heavy atom. The molecule has 0 spiro atoms. The molecule has 5 N–H and O–H groups in total. The standard InChI is InChI=1S/C26H21FN4O6S2/c27-18-10-14-21(15-11-18)39(36,37)31-24-7-2-1-6-23(24)26(33)29-19-12-8-17(9-13-19)25(32)30-20-4-3-5-22(16-20)38(28,34)35/h1-16,31H,(H,29,33)(H,30,32)(H2,28,34,35). The summed E-state index contributed by atoms with van der Waals surface area (Å²) in [5, 5.41) is 10.3. The number of nitrogens with two attached hydrogens (primary N) is 1. The molecule has 4 rings (SSSR count). The van der Waals surface area contributed by atoms with Crippen molar-refractivity contribution in [2.24, 2.45) is 5.14 Å². The second kappa shape index (κ2) is 11.0. The van der Waals surface area contributed by atoms with Gasteiger partial charge in [0.05, 0.1) is 21.0 Å². The minimum absolute atomic E-state index is 0.0112. The smallest absolute Gasteiger partial charge is 0.261 e. The van der Waals surface area contributed by atoms with Crippen LogP contribution >= 0.6 is 0 Å². The van der Waals surface area contributed by atoms with Crippen LogP contribution in [0.2, 0.25) is 0 Å². The van der Waals surface area contributed by atoms with Crippen LogP contribution in [-0.2, 0) is 20.0 Å². The maximum atomic E-state index is 13.2. The highest BCUT2D eigenvalue weighted by atomic mass is 32.2. The Hall–Kier alpha value is -4.59. The van der Waals surface area contributed by atoms with Crippen molar-refractivity contribution in [1.82, 2.24) is 0 Å². The van der Waals surface area contributed by atoms with Crippen LogP contribution in [0, 0.1) is 5.82 Å². The molecule has 0 aliphatic rings. The molecule has 0 heterocycles. The average Bonchev–Trinajstić information content (AvgIpc) is 2.89. The molecule has 0 aliphatic carbocycles. The predicted molar refractivity (Wildman–Crippen MR) is 144 cm³/mol. The average molecular weight is 569 g/mol. The molecule has 0 aromatic heterocycles. The lowest BCUT2D eigenvalue weighted by atomic mass is 10.1. The highest BCUT2D eigenvalue weighted by Crippen LogP contribution is 2.22. The zero-order valence-electron chi connectivity index (χ0n) is 20.0. The van der Waals surface area contributed by atoms with E-state index in [9.17, 15) is 30.8 Å². The van der Waals surface area contributed by atoms with Crippen LogP contribution in [0.1, 0.15) is 20.7 Å². The first-order chi connectivity index (χ1) is 18.4. The fourth-order valence-electron chi connectivity index (χ4n) is 3.45. The summed E-state index contributed by atoms with van der Waals surface area (Å²) in [4.78, 5) is 25.2. The molecule has 0 aliphatic heterocycles. The molecule has 4 aromatic carbocycles. The summed E-state index contributed by atoms with van der Waals surface area (Å²) >= 11 is 0. The van der Waals surface area contributed by atoms with Crippen molar-refractivity contribution in [3.63, 3.8) is 0 Å². The number of nitrogens with one attached hydrogen (secondary N) is 3. The zero-order chi connectivity index (χ0) is 28.2. The Morgan fingerprint density at radius 3 is 1.97 bits per heavy atom. The lowest BCUT2D eigenvalue weighted by Gasteiger charge is -2.13. The van der Waals surface area contributed by atoms with Crippen LogP contribution in [0.3, 0.4) is 0 Å². The Bertz CT molecular complexity index is 1760. The van der Waals surface area contributed by atoms with Gasteiger partial charge in [-0.05, 0) is 78.9 Å². The molecule has 0 bridgehead atoms. The van der Waals surface area contributed by atoms with E-state index >= 15 is 0 Å². The molecule has 0 radical (unpaired) electrons. The molecular weight excluding hydrogens is 547 g/mol. The van der Waals surface area contributed by atoms with Gasteiger partial charge in [0, 0.05) is 16.9 Å². The topological polar surface area (TPSA) is 165 Å². The van der Waals surface area contributed by atoms with Crippen LogP contribution in [0.5, 0.6) is 0 Å². The largest absolute Gasteiger partial charge is 0.322 e. The summed E-state index contributed by atoms with van der Waals surface area (Å²) in [6.07, 6.45) is 0. The van der Waals surface area contributed by atoms with Gasteiger partial charge in [-0.1, -0.05) is 18.2 Å². The fourth-order valence-corrected chi connectivity index (χ4v) is 5.08. The molecule has 0 atom stereocenters. The lowest BCUT2D eigenvalue weighted by Crippen LogP contribution is -2.19. The van der Waals surface area contributed by atoms with E-state index in [4.69, 9.17) is 5.14 Å². The highest BCUT2D eigenvalue weighted by molar-refractivity contribution is 7.92. The van der Waals surface area contributed by atoms with E-state index in [0.29, 0.717) is 5.69 Å². The molecule has 0 fully saturated rings. The summed E-state index contributed by atoms with van der Waals surface area (Å²) < 4.78 is 64.0. The van der Waals surface area contributed by atoms with E-state index in [0.717, 1.165) is 24.3 Å². The maximum Gasteiger partial charge on any atom is 0.261 e. The third-order valence-electron chi connectivity index (χ3n) is 5.37. The zero-order valence-corrected chi connectivity index (χ0v) is 21.6. The highest BCUT2D eigenvalue weighted by Gasteiger charge is 2.19. The minimum Gasteiger partial charge on any atom is -0.322 e. The molecule has 2 amide bonds. The van der Waals surface area contributed by atoms with Gasteiger partial charge < -0.3 is 10.6 Å². The molecule has 4 aromatic rings. The summed E-state index contributed by atoms with van der Waals surface area (Å²) in [6, 6.07) is 21.5. The van der Waals surface area contributed by atoms with Crippen LogP contribution in [0.15, 0.2) is 107 Å². The van der Waals surface area contributed by atoms with Crippen LogP contribution in [0.25, 0.3) is 0 Å². The third kappa shape index (κ3) is 6.84. The predicted octanol–water partition coefficient (Wildman–Crippen LogP) is 3.78. The van der Waals surface area contributed by atoms with E-state index in [1.54, 1.807) is 12.1 Å². The van der Waals surface area contributed by atoms with Gasteiger partial charge in [-0.25, -0.2) is 26.4 Å². The first-order valence-electron chi connectivity index (χ1n) is 11.2. The number of carbonyl (C=O) groups excluding carboxylic acids is 2. The molecule has 0 saturated heterocycles. The number of benzene rings is 4. The summed E-state index contributed by atoms with van der Waals surface area (Å²) in [5.74, 6) is -1.74. The van der Waals surface area contributed by atoms with E-state index in [1.807, 2.05) is 0 Å². The maximum absolute atomic E-state index is 13.2. The third-order valence-corrected chi connectivity index (χ3v) is 7.66. The van der Waals surface area contributed by atoms with E-state index in [2.05, 4.69) is 15.4 Å². The SMILES string of the molecule is NS(=O)(=O)c1cccc(NC(=O)c2ccc(NC(=O)c3ccccc3NS(=O)(=O)c3ccc(F)cc3)cc2)c1. The molecule has 13 heteroatoms. The summed E-state index contributed by atoms with van der Waals surface area (Å²) in [5.41, 5.74) is 0.811. The first kappa shape index (κ1) is 27.4. The first-order valence-corrected chi connectivity index (χ1v) is 14.2. The van der Waals surface area contributed by atoms with Crippen molar-refractivity contribution >= 4 is 48.9 Å². The van der Waals surface area contributed by atoms with Crippen molar-refractivity contribution < 1.29 is 30.8 Å². The summed E-state index contributed by atoms with van der Waals surface area (Å²) in [7, 11) is -8.03. The molecule has 200 valence electrons. The van der Waals surface area contributed by atoms with Crippen molar-refractivity contribution in [1.29, 1.82) is 0 Å². The quantitative estimate of drug-likeness (QED) is 0.253. The number of rotatable bonds is 8. The molecule has 10 nitrogen and oxygen atoms in total. The number of carbonyl (C=O) groups is 2. The van der Waals surface area contributed by atoms with E-state index in [1.165, 1.54) is 60.7 Å². The van der Waals surface area contributed by atoms with Crippen LogP contribution in [0.4, 0.5) is 21.5 Å². The molecular formula is C26H21FN4O6S2. The monoisotopic (exact) mass is 568 g/mol. The van der Waals surface area contributed by atoms with Gasteiger partial charge in [-0.15, -0.1) is 0 Å². The number of amides is 2. The van der Waals surface area contributed by atoms with Gasteiger partial charge in [-0.3, -0.25) is 14.3 Å². The van der Waals surface area contributed by atoms with Gasteiger partial charge >= 0.3 is 0 Å². The second-order valence-corrected chi connectivity index (χ2v) is 11.4. The molecule has 39 heavy (non-hydrogen) atoms. The van der Waals surface area contributed by atoms with E-state index in [-0.39, 0.29) is 32.3 Å². The van der Waals surface area contributed by atoms with Gasteiger partial charge in [0.25, 0.3) is 21.8 Å². The van der Waals surface area contributed by atoms with Gasteiger partial charge in [-0.2, -0.15) is 0 Å².